The van der Waals surface area contributed by atoms with Crippen molar-refractivity contribution in [3.05, 3.63) is 0 Å². The zero-order chi connectivity index (χ0) is 12.0. The van der Waals surface area contributed by atoms with Crippen molar-refractivity contribution in [1.82, 2.24) is 9.80 Å². The smallest absolute Gasteiger partial charge is 0.308 e. The van der Waals surface area contributed by atoms with E-state index in [-0.39, 0.29) is 12.0 Å². The van der Waals surface area contributed by atoms with Crippen molar-refractivity contribution in [2.45, 2.75) is 50.7 Å². The van der Waals surface area contributed by atoms with Crippen molar-refractivity contribution < 1.29 is 9.90 Å². The molecule has 0 aliphatic carbocycles. The second-order valence-electron chi connectivity index (χ2n) is 5.81. The van der Waals surface area contributed by atoms with Crippen LogP contribution < -0.4 is 0 Å². The minimum Gasteiger partial charge on any atom is -0.481 e. The summed E-state index contributed by atoms with van der Waals surface area (Å²) in [6, 6.07) is 1.56. The summed E-state index contributed by atoms with van der Waals surface area (Å²) >= 11 is 0. The molecule has 3 aliphatic rings. The van der Waals surface area contributed by atoms with Crippen LogP contribution in [-0.2, 0) is 4.79 Å². The maximum atomic E-state index is 11.2. The minimum absolute atomic E-state index is 0.148. The molecule has 3 aliphatic heterocycles. The molecular weight excluding hydrogens is 216 g/mol. The normalized spacial score (nSPS) is 43.1. The van der Waals surface area contributed by atoms with E-state index in [1.165, 1.54) is 32.4 Å². The van der Waals surface area contributed by atoms with E-state index in [2.05, 4.69) is 16.7 Å². The fraction of sp³-hybridized carbons (Fsp3) is 0.923. The molecule has 0 amide bonds. The number of carboxylic acids is 1. The van der Waals surface area contributed by atoms with Gasteiger partial charge in [-0.1, -0.05) is 0 Å². The molecule has 17 heavy (non-hydrogen) atoms. The largest absolute Gasteiger partial charge is 0.481 e. The van der Waals surface area contributed by atoms with Gasteiger partial charge in [0.05, 0.1) is 5.92 Å². The Balaban J connectivity index is 1.71. The van der Waals surface area contributed by atoms with Gasteiger partial charge in [-0.3, -0.25) is 14.6 Å². The first-order valence-electron chi connectivity index (χ1n) is 6.91. The maximum absolute atomic E-state index is 11.2. The molecule has 96 valence electrons. The third-order valence-electron chi connectivity index (χ3n) is 5.12. The molecule has 3 saturated heterocycles. The van der Waals surface area contributed by atoms with E-state index >= 15 is 0 Å². The molecule has 4 nitrogen and oxygen atoms in total. The fourth-order valence-corrected chi connectivity index (χ4v) is 4.20. The van der Waals surface area contributed by atoms with Gasteiger partial charge in [0, 0.05) is 24.7 Å². The second-order valence-corrected chi connectivity index (χ2v) is 5.81. The molecule has 4 heteroatoms. The van der Waals surface area contributed by atoms with Gasteiger partial charge in [-0.2, -0.15) is 0 Å². The van der Waals surface area contributed by atoms with Crippen LogP contribution in [0, 0.1) is 5.92 Å². The SMILES string of the molecule is CC1C(C(=O)O)CCN1C1CCN2CCCC12. The highest BCUT2D eigenvalue weighted by molar-refractivity contribution is 5.71. The molecule has 4 atom stereocenters. The van der Waals surface area contributed by atoms with E-state index in [9.17, 15) is 9.90 Å². The monoisotopic (exact) mass is 238 g/mol. The lowest BCUT2D eigenvalue weighted by Crippen LogP contribution is -2.46. The number of carboxylic acid groups (broad SMARTS) is 1. The second kappa shape index (κ2) is 4.25. The van der Waals surface area contributed by atoms with Crippen LogP contribution in [-0.4, -0.2) is 58.6 Å². The van der Waals surface area contributed by atoms with E-state index in [4.69, 9.17) is 0 Å². The summed E-state index contributed by atoms with van der Waals surface area (Å²) < 4.78 is 0. The summed E-state index contributed by atoms with van der Waals surface area (Å²) in [6.45, 7) is 5.55. The van der Waals surface area contributed by atoms with Crippen molar-refractivity contribution >= 4 is 5.97 Å². The van der Waals surface area contributed by atoms with E-state index in [0.717, 1.165) is 13.0 Å². The van der Waals surface area contributed by atoms with E-state index < -0.39 is 5.97 Å². The highest BCUT2D eigenvalue weighted by Crippen LogP contribution is 2.36. The zero-order valence-electron chi connectivity index (χ0n) is 10.5. The Hall–Kier alpha value is -0.610. The molecule has 0 spiro atoms. The van der Waals surface area contributed by atoms with Gasteiger partial charge in [0.1, 0.15) is 0 Å². The summed E-state index contributed by atoms with van der Waals surface area (Å²) in [5.41, 5.74) is 0. The lowest BCUT2D eigenvalue weighted by atomic mass is 10.00. The van der Waals surface area contributed by atoms with Crippen LogP contribution in [0.5, 0.6) is 0 Å². The number of hydrogen-bond donors (Lipinski definition) is 1. The average Bonchev–Trinajstić information content (AvgIpc) is 2.91. The number of aliphatic carboxylic acids is 1. The standard InChI is InChI=1S/C13H22N2O2/c1-9-10(13(16)17)4-8-15(9)12-5-7-14-6-2-3-11(12)14/h9-12H,2-8H2,1H3,(H,16,17). The van der Waals surface area contributed by atoms with Gasteiger partial charge in [-0.25, -0.2) is 0 Å². The Bertz CT molecular complexity index is 321. The van der Waals surface area contributed by atoms with Crippen LogP contribution in [0.1, 0.15) is 32.6 Å². The van der Waals surface area contributed by atoms with Crippen molar-refractivity contribution in [1.29, 1.82) is 0 Å². The number of hydrogen-bond acceptors (Lipinski definition) is 3. The van der Waals surface area contributed by atoms with Crippen molar-refractivity contribution in [2.75, 3.05) is 19.6 Å². The first-order chi connectivity index (χ1) is 8.18. The first-order valence-corrected chi connectivity index (χ1v) is 6.91. The Kier molecular flexibility index (Phi) is 2.87. The highest BCUT2D eigenvalue weighted by atomic mass is 16.4. The predicted molar refractivity (Wildman–Crippen MR) is 64.9 cm³/mol. The number of fused-ring (bicyclic) bond motifs is 1. The van der Waals surface area contributed by atoms with Crippen LogP contribution in [0.25, 0.3) is 0 Å². The Labute approximate surface area is 103 Å². The molecule has 0 bridgehead atoms. The van der Waals surface area contributed by atoms with Crippen LogP contribution in [0.3, 0.4) is 0 Å². The van der Waals surface area contributed by atoms with Crippen LogP contribution in [0.4, 0.5) is 0 Å². The summed E-state index contributed by atoms with van der Waals surface area (Å²) in [6.07, 6.45) is 4.71. The zero-order valence-corrected chi connectivity index (χ0v) is 10.5. The van der Waals surface area contributed by atoms with Crippen molar-refractivity contribution in [3.8, 4) is 0 Å². The molecule has 3 heterocycles. The molecule has 0 aromatic heterocycles. The van der Waals surface area contributed by atoms with Crippen molar-refractivity contribution in [3.63, 3.8) is 0 Å². The van der Waals surface area contributed by atoms with E-state index in [1.807, 2.05) is 0 Å². The van der Waals surface area contributed by atoms with Gasteiger partial charge in [0.25, 0.3) is 0 Å². The number of nitrogens with zero attached hydrogens (tertiary/aromatic N) is 2. The Morgan fingerprint density at radius 3 is 2.65 bits per heavy atom. The van der Waals surface area contributed by atoms with Gasteiger partial charge < -0.3 is 5.11 Å². The van der Waals surface area contributed by atoms with Crippen LogP contribution in [0.15, 0.2) is 0 Å². The minimum atomic E-state index is -0.610. The van der Waals surface area contributed by atoms with Crippen LogP contribution in [0.2, 0.25) is 0 Å². The van der Waals surface area contributed by atoms with E-state index in [1.54, 1.807) is 0 Å². The third kappa shape index (κ3) is 1.78. The number of carbonyl (C=O) groups is 1. The van der Waals surface area contributed by atoms with Crippen molar-refractivity contribution in [2.24, 2.45) is 5.92 Å². The molecular formula is C13H22N2O2. The summed E-state index contributed by atoms with van der Waals surface area (Å²) in [4.78, 5) is 16.2. The molecule has 0 aromatic carbocycles. The first kappa shape index (κ1) is 11.5. The Morgan fingerprint density at radius 1 is 1.12 bits per heavy atom. The molecule has 0 radical (unpaired) electrons. The number of rotatable bonds is 2. The van der Waals surface area contributed by atoms with Crippen LogP contribution >= 0.6 is 0 Å². The average molecular weight is 238 g/mol. The molecule has 3 fully saturated rings. The van der Waals surface area contributed by atoms with Gasteiger partial charge in [0.2, 0.25) is 0 Å². The predicted octanol–water partition coefficient (Wildman–Crippen LogP) is 1.02. The van der Waals surface area contributed by atoms with E-state index in [0.29, 0.717) is 12.1 Å². The summed E-state index contributed by atoms with van der Waals surface area (Å²) in [5, 5.41) is 9.19. The quantitative estimate of drug-likeness (QED) is 0.780. The lowest BCUT2D eigenvalue weighted by molar-refractivity contribution is -0.142. The number of likely N-dealkylation sites (tertiary alicyclic amines) is 1. The van der Waals surface area contributed by atoms with Gasteiger partial charge in [-0.15, -0.1) is 0 Å². The van der Waals surface area contributed by atoms with Gasteiger partial charge in [-0.05, 0) is 45.7 Å². The molecule has 3 rings (SSSR count). The third-order valence-corrected chi connectivity index (χ3v) is 5.12. The summed E-state index contributed by atoms with van der Waals surface area (Å²) in [5.74, 6) is -0.758. The topological polar surface area (TPSA) is 43.8 Å². The molecule has 0 aromatic rings. The fourth-order valence-electron chi connectivity index (χ4n) is 4.20. The summed E-state index contributed by atoms with van der Waals surface area (Å²) in [7, 11) is 0. The molecule has 4 unspecified atom stereocenters. The maximum Gasteiger partial charge on any atom is 0.308 e. The molecule has 1 N–H and O–H groups in total. The van der Waals surface area contributed by atoms with Gasteiger partial charge >= 0.3 is 5.97 Å². The molecule has 0 saturated carbocycles. The Morgan fingerprint density at radius 2 is 1.94 bits per heavy atom. The van der Waals surface area contributed by atoms with Gasteiger partial charge in [0.15, 0.2) is 0 Å². The highest BCUT2D eigenvalue weighted by Gasteiger charge is 2.46. The lowest BCUT2D eigenvalue weighted by Gasteiger charge is -2.33.